The van der Waals surface area contributed by atoms with Crippen LogP contribution in [-0.2, 0) is 0 Å². The van der Waals surface area contributed by atoms with E-state index in [4.69, 9.17) is 0 Å². The van der Waals surface area contributed by atoms with E-state index in [-0.39, 0.29) is 0 Å². The summed E-state index contributed by atoms with van der Waals surface area (Å²) in [7, 11) is 0. The van der Waals surface area contributed by atoms with Gasteiger partial charge in [-0.25, -0.2) is 4.98 Å². The van der Waals surface area contributed by atoms with Gasteiger partial charge in [0.25, 0.3) is 0 Å². The van der Waals surface area contributed by atoms with Crippen molar-refractivity contribution in [2.24, 2.45) is 0 Å². The summed E-state index contributed by atoms with van der Waals surface area (Å²) < 4.78 is 2.06. The van der Waals surface area contributed by atoms with Crippen LogP contribution in [0.1, 0.15) is 25.0 Å². The Kier molecular flexibility index (Phi) is 2.33. The van der Waals surface area contributed by atoms with Crippen molar-refractivity contribution in [3.63, 3.8) is 0 Å². The smallest absolute Gasteiger partial charge is 0.0999 e. The van der Waals surface area contributed by atoms with Gasteiger partial charge in [0.15, 0.2) is 0 Å². The highest BCUT2D eigenvalue weighted by Gasteiger charge is 2.08. The first-order valence-corrected chi connectivity index (χ1v) is 5.71. The fourth-order valence-electron chi connectivity index (χ4n) is 1.89. The van der Waals surface area contributed by atoms with Gasteiger partial charge in [-0.15, -0.1) is 0 Å². The van der Waals surface area contributed by atoms with Gasteiger partial charge in [-0.05, 0) is 37.5 Å². The van der Waals surface area contributed by atoms with Crippen LogP contribution in [0.4, 0.5) is 0 Å². The minimum atomic E-state index is 1.07. The summed E-state index contributed by atoms with van der Waals surface area (Å²) in [4.78, 5) is 4.40. The van der Waals surface area contributed by atoms with E-state index in [2.05, 4.69) is 34.0 Å². The van der Waals surface area contributed by atoms with E-state index >= 15 is 0 Å². The normalized spacial score (nSPS) is 14.6. The van der Waals surface area contributed by atoms with Crippen LogP contribution in [0.2, 0.25) is 0 Å². The van der Waals surface area contributed by atoms with E-state index in [1.54, 1.807) is 0 Å². The molecule has 0 bridgehead atoms. The Balaban J connectivity index is 1.88. The Bertz CT molecular complexity index is 503. The first-order valence-electron chi connectivity index (χ1n) is 5.71. The third kappa shape index (κ3) is 1.78. The van der Waals surface area contributed by atoms with Crippen molar-refractivity contribution in [1.82, 2.24) is 9.55 Å². The highest BCUT2D eigenvalue weighted by Crippen LogP contribution is 2.27. The Morgan fingerprint density at radius 2 is 1.94 bits per heavy atom. The Morgan fingerprint density at radius 3 is 2.62 bits per heavy atom. The Hall–Kier alpha value is -1.83. The molecule has 0 N–H and O–H groups in total. The molecule has 2 heteroatoms. The highest BCUT2D eigenvalue weighted by molar-refractivity contribution is 5.50. The lowest BCUT2D eigenvalue weighted by molar-refractivity contribution is 0.669. The molecule has 0 atom stereocenters. The third-order valence-corrected chi connectivity index (χ3v) is 3.00. The van der Waals surface area contributed by atoms with Gasteiger partial charge in [0.05, 0.1) is 12.0 Å². The summed E-state index contributed by atoms with van der Waals surface area (Å²) in [6, 6.07) is 10.3. The number of hydrogen-bond donors (Lipinski definition) is 0. The number of hydrogen-bond acceptors (Lipinski definition) is 1. The predicted octanol–water partition coefficient (Wildman–Crippen LogP) is 3.44. The van der Waals surface area contributed by atoms with E-state index in [0.717, 1.165) is 11.4 Å². The van der Waals surface area contributed by atoms with E-state index < -0.39 is 0 Å². The fraction of sp³-hybridized carbons (Fsp3) is 0.214. The first-order chi connectivity index (χ1) is 7.92. The zero-order valence-corrected chi connectivity index (χ0v) is 9.13. The maximum absolute atomic E-state index is 4.40. The molecule has 0 amide bonds. The van der Waals surface area contributed by atoms with Gasteiger partial charge in [0.1, 0.15) is 0 Å². The summed E-state index contributed by atoms with van der Waals surface area (Å²) in [6.45, 7) is 0. The van der Waals surface area contributed by atoms with Gasteiger partial charge < -0.3 is 4.57 Å². The quantitative estimate of drug-likeness (QED) is 0.742. The third-order valence-electron chi connectivity index (χ3n) is 3.00. The fourth-order valence-corrected chi connectivity index (χ4v) is 1.89. The average molecular weight is 210 g/mol. The lowest BCUT2D eigenvalue weighted by Gasteiger charge is -2.14. The second-order valence-electron chi connectivity index (χ2n) is 4.20. The van der Waals surface area contributed by atoms with Crippen molar-refractivity contribution in [1.29, 1.82) is 0 Å². The molecule has 0 saturated heterocycles. The number of allylic oxidation sites excluding steroid dienone is 1. The molecule has 1 fully saturated rings. The number of benzene rings is 1. The van der Waals surface area contributed by atoms with Crippen LogP contribution in [0.5, 0.6) is 0 Å². The number of nitrogens with zero attached hydrogens (tertiary/aromatic N) is 2. The van der Waals surface area contributed by atoms with Gasteiger partial charge >= 0.3 is 0 Å². The molecule has 16 heavy (non-hydrogen) atoms. The molecule has 1 saturated carbocycles. The van der Waals surface area contributed by atoms with Crippen LogP contribution in [0.15, 0.2) is 48.4 Å². The number of aromatic nitrogens is 2. The first kappa shape index (κ1) is 9.40. The molecule has 3 rings (SSSR count). The van der Waals surface area contributed by atoms with Crippen LogP contribution < -0.4 is 0 Å². The monoisotopic (exact) mass is 210 g/mol. The maximum Gasteiger partial charge on any atom is 0.0999 e. The second kappa shape index (κ2) is 3.97. The Labute approximate surface area is 95.3 Å². The van der Waals surface area contributed by atoms with Crippen molar-refractivity contribution < 1.29 is 0 Å². The van der Waals surface area contributed by atoms with E-state index in [1.807, 2.05) is 24.5 Å². The van der Waals surface area contributed by atoms with Gasteiger partial charge in [-0.2, -0.15) is 0 Å². The van der Waals surface area contributed by atoms with Crippen molar-refractivity contribution in [3.05, 3.63) is 54.1 Å². The second-order valence-corrected chi connectivity index (χ2v) is 4.20. The molecular formula is C14H14N2. The summed E-state index contributed by atoms with van der Waals surface area (Å²) in [5, 5.41) is 0. The molecule has 1 heterocycles. The van der Waals surface area contributed by atoms with Crippen LogP contribution in [-0.4, -0.2) is 9.55 Å². The predicted molar refractivity (Wildman–Crippen MR) is 65.4 cm³/mol. The number of imidazole rings is 1. The largest absolute Gasteiger partial charge is 0.306 e. The molecule has 2 aromatic rings. The van der Waals surface area contributed by atoms with Crippen molar-refractivity contribution in [2.75, 3.05) is 0 Å². The molecule has 1 aliphatic carbocycles. The van der Waals surface area contributed by atoms with E-state index in [0.29, 0.717) is 0 Å². The zero-order valence-electron chi connectivity index (χ0n) is 9.13. The van der Waals surface area contributed by atoms with Crippen LogP contribution in [0, 0.1) is 0 Å². The molecule has 2 nitrogen and oxygen atoms in total. The molecule has 0 radical (unpaired) electrons. The van der Waals surface area contributed by atoms with Gasteiger partial charge in [0.2, 0.25) is 0 Å². The van der Waals surface area contributed by atoms with Crippen molar-refractivity contribution in [3.8, 4) is 5.69 Å². The minimum Gasteiger partial charge on any atom is -0.306 e. The molecular weight excluding hydrogens is 196 g/mol. The molecule has 1 aliphatic rings. The Morgan fingerprint density at radius 1 is 1.12 bits per heavy atom. The topological polar surface area (TPSA) is 17.8 Å². The summed E-state index contributed by atoms with van der Waals surface area (Å²) in [5.74, 6) is 0. The maximum atomic E-state index is 4.40. The summed E-state index contributed by atoms with van der Waals surface area (Å²) >= 11 is 0. The lowest BCUT2D eigenvalue weighted by Crippen LogP contribution is -1.95. The molecule has 0 unspecified atom stereocenters. The van der Waals surface area contributed by atoms with Crippen LogP contribution in [0.3, 0.4) is 0 Å². The summed E-state index contributed by atoms with van der Waals surface area (Å²) in [6.07, 6.45) is 10.0. The molecule has 1 aromatic carbocycles. The standard InChI is InChI=1S/C14H14N2/c1-2-7-14(8-3-1)16-10-13(15-11-16)9-12-5-4-6-12/h1-3,7-11H,4-6H2. The van der Waals surface area contributed by atoms with E-state index in [9.17, 15) is 0 Å². The average Bonchev–Trinajstić information content (AvgIpc) is 2.73. The number of rotatable bonds is 2. The highest BCUT2D eigenvalue weighted by atomic mass is 15.0. The number of para-hydroxylation sites is 1. The van der Waals surface area contributed by atoms with Gasteiger partial charge in [-0.1, -0.05) is 23.8 Å². The van der Waals surface area contributed by atoms with Crippen LogP contribution >= 0.6 is 0 Å². The molecule has 0 spiro atoms. The molecule has 0 aliphatic heterocycles. The SMILES string of the molecule is C(=C1CCC1)c1cn(-c2ccccc2)cn1. The minimum absolute atomic E-state index is 1.07. The summed E-state index contributed by atoms with van der Waals surface area (Å²) in [5.41, 5.74) is 3.75. The van der Waals surface area contributed by atoms with Crippen molar-refractivity contribution >= 4 is 6.08 Å². The molecule has 80 valence electrons. The van der Waals surface area contributed by atoms with Crippen LogP contribution in [0.25, 0.3) is 11.8 Å². The van der Waals surface area contributed by atoms with Crippen molar-refractivity contribution in [2.45, 2.75) is 19.3 Å². The van der Waals surface area contributed by atoms with Gasteiger partial charge in [0, 0.05) is 11.9 Å². The molecule has 1 aromatic heterocycles. The lowest BCUT2D eigenvalue weighted by atomic mass is 9.92. The van der Waals surface area contributed by atoms with E-state index in [1.165, 1.54) is 24.8 Å². The zero-order chi connectivity index (χ0) is 10.8. The van der Waals surface area contributed by atoms with Gasteiger partial charge in [-0.3, -0.25) is 0 Å².